The molecule has 0 aliphatic carbocycles. The lowest BCUT2D eigenvalue weighted by molar-refractivity contribution is 0.0951. The van der Waals surface area contributed by atoms with E-state index in [2.05, 4.69) is 21.3 Å². The first-order chi connectivity index (χ1) is 13.5. The average molecular weight is 400 g/mol. The van der Waals surface area contributed by atoms with Gasteiger partial charge in [0.25, 0.3) is 5.91 Å². The molecule has 0 unspecified atom stereocenters. The lowest BCUT2D eigenvalue weighted by Crippen LogP contribution is -2.31. The number of nitrogens with one attached hydrogen (secondary N) is 1. The summed E-state index contributed by atoms with van der Waals surface area (Å²) in [5, 5.41) is 3.75. The number of hydrogen-bond acceptors (Lipinski definition) is 6. The van der Waals surface area contributed by atoms with Gasteiger partial charge in [-0.25, -0.2) is 9.97 Å². The third kappa shape index (κ3) is 5.94. The molecule has 3 rings (SSSR count). The van der Waals surface area contributed by atoms with Gasteiger partial charge in [-0.1, -0.05) is 23.9 Å². The normalized spacial score (nSPS) is 13.9. The summed E-state index contributed by atoms with van der Waals surface area (Å²) < 4.78 is 0. The average Bonchev–Trinajstić information content (AvgIpc) is 3.21. The molecule has 7 heteroatoms. The van der Waals surface area contributed by atoms with E-state index >= 15 is 0 Å². The number of thioether (sulfide) groups is 1. The van der Waals surface area contributed by atoms with Gasteiger partial charge in [-0.05, 0) is 51.6 Å². The minimum Gasteiger partial charge on any atom is -0.356 e. The molecule has 28 heavy (non-hydrogen) atoms. The van der Waals surface area contributed by atoms with Gasteiger partial charge in [0, 0.05) is 49.3 Å². The number of carbonyl (C=O) groups excluding carboxylic acids is 1. The molecular weight excluding hydrogens is 370 g/mol. The van der Waals surface area contributed by atoms with Gasteiger partial charge in [0.1, 0.15) is 5.82 Å². The topological polar surface area (TPSA) is 61.4 Å². The number of rotatable bonds is 8. The molecule has 0 radical (unpaired) electrons. The van der Waals surface area contributed by atoms with E-state index in [-0.39, 0.29) is 5.91 Å². The Kier molecular flexibility index (Phi) is 7.28. The largest absolute Gasteiger partial charge is 0.356 e. The summed E-state index contributed by atoms with van der Waals surface area (Å²) in [4.78, 5) is 25.8. The fraction of sp³-hybridized carbons (Fsp3) is 0.476. The molecule has 2 aromatic rings. The van der Waals surface area contributed by atoms with E-state index in [1.54, 1.807) is 11.8 Å². The maximum absolute atomic E-state index is 12.2. The molecule has 1 saturated heterocycles. The highest BCUT2D eigenvalue weighted by Crippen LogP contribution is 2.24. The Labute approximate surface area is 171 Å². The monoisotopic (exact) mass is 399 g/mol. The van der Waals surface area contributed by atoms with E-state index in [9.17, 15) is 4.79 Å². The van der Waals surface area contributed by atoms with Crippen LogP contribution in [-0.2, 0) is 5.75 Å². The van der Waals surface area contributed by atoms with E-state index in [0.717, 1.165) is 47.6 Å². The van der Waals surface area contributed by atoms with E-state index < -0.39 is 0 Å². The Morgan fingerprint density at radius 2 is 1.89 bits per heavy atom. The summed E-state index contributed by atoms with van der Waals surface area (Å²) in [7, 11) is 3.98. The van der Waals surface area contributed by atoms with E-state index in [4.69, 9.17) is 4.98 Å². The molecule has 1 N–H and O–H groups in total. The quantitative estimate of drug-likeness (QED) is 0.544. The number of hydrogen-bond donors (Lipinski definition) is 1. The summed E-state index contributed by atoms with van der Waals surface area (Å²) in [5.41, 5.74) is 2.85. The van der Waals surface area contributed by atoms with Gasteiger partial charge in [0.05, 0.1) is 0 Å². The van der Waals surface area contributed by atoms with Crippen molar-refractivity contribution in [2.24, 2.45) is 0 Å². The van der Waals surface area contributed by atoms with Crippen molar-refractivity contribution in [1.29, 1.82) is 0 Å². The first kappa shape index (κ1) is 20.6. The predicted octanol–water partition coefficient (Wildman–Crippen LogP) is 2.97. The maximum Gasteiger partial charge on any atom is 0.251 e. The van der Waals surface area contributed by atoms with Crippen LogP contribution in [0.3, 0.4) is 0 Å². The number of amides is 1. The van der Waals surface area contributed by atoms with Crippen LogP contribution in [0.5, 0.6) is 0 Å². The van der Waals surface area contributed by atoms with Crippen LogP contribution in [0.4, 0.5) is 5.82 Å². The Balaban J connectivity index is 1.55. The SMILES string of the molecule is Cc1cc(N2CCCC2)nc(SCc2ccc(C(=O)NCCN(C)C)cc2)n1. The molecule has 1 aliphatic heterocycles. The van der Waals surface area contributed by atoms with Crippen LogP contribution in [-0.4, -0.2) is 61.0 Å². The second-order valence-corrected chi connectivity index (χ2v) is 8.33. The zero-order valence-electron chi connectivity index (χ0n) is 16.9. The molecule has 0 bridgehead atoms. The van der Waals surface area contributed by atoms with Crippen LogP contribution in [0.15, 0.2) is 35.5 Å². The molecule has 0 spiro atoms. The lowest BCUT2D eigenvalue weighted by atomic mass is 10.1. The van der Waals surface area contributed by atoms with E-state index in [1.807, 2.05) is 50.2 Å². The van der Waals surface area contributed by atoms with Crippen LogP contribution in [0.1, 0.15) is 34.5 Å². The second kappa shape index (κ2) is 9.89. The van der Waals surface area contributed by atoms with Crippen LogP contribution >= 0.6 is 11.8 Å². The van der Waals surface area contributed by atoms with Gasteiger partial charge in [0.2, 0.25) is 0 Å². The maximum atomic E-state index is 12.2. The first-order valence-corrected chi connectivity index (χ1v) is 10.7. The van der Waals surface area contributed by atoms with Crippen LogP contribution in [0, 0.1) is 6.92 Å². The molecule has 150 valence electrons. The highest BCUT2D eigenvalue weighted by atomic mass is 32.2. The molecule has 1 amide bonds. The van der Waals surface area contributed by atoms with Crippen LogP contribution in [0.2, 0.25) is 0 Å². The van der Waals surface area contributed by atoms with Crippen molar-refractivity contribution in [3.63, 3.8) is 0 Å². The third-order valence-electron chi connectivity index (χ3n) is 4.68. The van der Waals surface area contributed by atoms with Crippen molar-refractivity contribution in [2.75, 3.05) is 45.2 Å². The molecule has 1 aliphatic rings. The molecule has 0 atom stereocenters. The van der Waals surface area contributed by atoms with Gasteiger partial charge in [0.15, 0.2) is 5.16 Å². The number of likely N-dealkylation sites (N-methyl/N-ethyl adjacent to an activating group) is 1. The summed E-state index contributed by atoms with van der Waals surface area (Å²) >= 11 is 1.64. The number of aryl methyl sites for hydroxylation is 1. The summed E-state index contributed by atoms with van der Waals surface area (Å²) in [6.45, 7) is 5.66. The number of aromatic nitrogens is 2. The highest BCUT2D eigenvalue weighted by Gasteiger charge is 2.15. The summed E-state index contributed by atoms with van der Waals surface area (Å²) in [5.74, 6) is 1.79. The smallest absolute Gasteiger partial charge is 0.251 e. The fourth-order valence-corrected chi connectivity index (χ4v) is 3.95. The van der Waals surface area contributed by atoms with Crippen molar-refractivity contribution < 1.29 is 4.79 Å². The van der Waals surface area contributed by atoms with Gasteiger partial charge in [-0.2, -0.15) is 0 Å². The van der Waals surface area contributed by atoms with Crippen molar-refractivity contribution >= 4 is 23.5 Å². The van der Waals surface area contributed by atoms with E-state index in [0.29, 0.717) is 12.1 Å². The first-order valence-electron chi connectivity index (χ1n) is 9.76. The molecule has 6 nitrogen and oxygen atoms in total. The number of anilines is 1. The zero-order chi connectivity index (χ0) is 19.9. The zero-order valence-corrected chi connectivity index (χ0v) is 17.8. The van der Waals surface area contributed by atoms with Crippen molar-refractivity contribution in [3.05, 3.63) is 47.2 Å². The molecule has 2 heterocycles. The van der Waals surface area contributed by atoms with Crippen LogP contribution in [0.25, 0.3) is 0 Å². The molecule has 1 fully saturated rings. The molecule has 0 saturated carbocycles. The number of carbonyl (C=O) groups is 1. The van der Waals surface area contributed by atoms with Gasteiger partial charge >= 0.3 is 0 Å². The van der Waals surface area contributed by atoms with Crippen molar-refractivity contribution in [2.45, 2.75) is 30.7 Å². The highest BCUT2D eigenvalue weighted by molar-refractivity contribution is 7.98. The number of benzene rings is 1. The second-order valence-electron chi connectivity index (χ2n) is 7.39. The molecule has 1 aromatic carbocycles. The van der Waals surface area contributed by atoms with Crippen molar-refractivity contribution in [3.8, 4) is 0 Å². The Hall–Kier alpha value is -2.12. The minimum absolute atomic E-state index is 0.0293. The van der Waals surface area contributed by atoms with Gasteiger partial charge in [-0.15, -0.1) is 0 Å². The van der Waals surface area contributed by atoms with Crippen molar-refractivity contribution in [1.82, 2.24) is 20.2 Å². The fourth-order valence-electron chi connectivity index (χ4n) is 3.09. The predicted molar refractivity (Wildman–Crippen MR) is 115 cm³/mol. The third-order valence-corrected chi connectivity index (χ3v) is 5.60. The van der Waals surface area contributed by atoms with Gasteiger partial charge < -0.3 is 15.1 Å². The number of nitrogens with zero attached hydrogens (tertiary/aromatic N) is 4. The Morgan fingerprint density at radius 1 is 1.18 bits per heavy atom. The Morgan fingerprint density at radius 3 is 2.57 bits per heavy atom. The molecule has 1 aromatic heterocycles. The van der Waals surface area contributed by atoms with Crippen LogP contribution < -0.4 is 10.2 Å². The van der Waals surface area contributed by atoms with Gasteiger partial charge in [-0.3, -0.25) is 4.79 Å². The molecular formula is C21H29N5OS. The lowest BCUT2D eigenvalue weighted by Gasteiger charge is -2.17. The minimum atomic E-state index is -0.0293. The summed E-state index contributed by atoms with van der Waals surface area (Å²) in [6, 6.07) is 9.84. The Bertz CT molecular complexity index is 788. The summed E-state index contributed by atoms with van der Waals surface area (Å²) in [6.07, 6.45) is 2.47. The van der Waals surface area contributed by atoms with E-state index in [1.165, 1.54) is 12.8 Å². The standard InChI is InChI=1S/C21H29N5OS/c1-16-14-19(26-11-4-5-12-26)24-21(23-16)28-15-17-6-8-18(9-7-17)20(27)22-10-13-25(2)3/h6-9,14H,4-5,10-13,15H2,1-3H3,(H,22,27).